The summed E-state index contributed by atoms with van der Waals surface area (Å²) in [5.41, 5.74) is 1.24. The topological polar surface area (TPSA) is 287 Å². The average Bonchev–Trinajstić information content (AvgIpc) is 3.70. The Kier molecular flexibility index (Phi) is 14.2. The van der Waals surface area contributed by atoms with E-state index in [4.69, 9.17) is 33.2 Å². The maximum Gasteiger partial charge on any atom is 0.187 e. The molecule has 3 saturated carbocycles. The van der Waals surface area contributed by atoms with Crippen LogP contribution in [0.15, 0.2) is 11.6 Å². The summed E-state index contributed by atoms with van der Waals surface area (Å²) in [5, 5.41) is 115. The molecule has 4 aliphatic heterocycles. The van der Waals surface area contributed by atoms with E-state index in [1.165, 1.54) is 12.5 Å². The zero-order valence-corrected chi connectivity index (χ0v) is 37.1. The van der Waals surface area contributed by atoms with Gasteiger partial charge in [0.15, 0.2) is 24.7 Å². The van der Waals surface area contributed by atoms with E-state index in [1.807, 2.05) is 6.92 Å². The van der Waals surface area contributed by atoms with Crippen LogP contribution in [0.1, 0.15) is 92.4 Å². The van der Waals surface area contributed by atoms with Crippen LogP contribution in [0.25, 0.3) is 0 Å². The number of aliphatic hydroxyl groups is 11. The zero-order chi connectivity index (χ0) is 45.5. The van der Waals surface area contributed by atoms with Gasteiger partial charge in [0.05, 0.1) is 38.1 Å². The third-order valence-corrected chi connectivity index (χ3v) is 17.4. The van der Waals surface area contributed by atoms with Crippen molar-refractivity contribution in [2.45, 2.75) is 203 Å². The fourth-order valence-electron chi connectivity index (χ4n) is 13.5. The molecule has 26 atom stereocenters. The molecular formula is C45H74O18. The molecule has 0 radical (unpaired) electrons. The van der Waals surface area contributed by atoms with Gasteiger partial charge in [0.25, 0.3) is 0 Å². The number of ether oxygens (including phenoxy) is 7. The van der Waals surface area contributed by atoms with E-state index in [2.05, 4.69) is 26.8 Å². The molecule has 0 bridgehead atoms. The number of hydrogen-bond acceptors (Lipinski definition) is 18. The van der Waals surface area contributed by atoms with Crippen LogP contribution in [-0.4, -0.2) is 186 Å². The van der Waals surface area contributed by atoms with Crippen molar-refractivity contribution < 1.29 is 89.3 Å². The number of allylic oxidation sites excluding steroid dienone is 1. The molecule has 4 saturated heterocycles. The third kappa shape index (κ3) is 8.51. The van der Waals surface area contributed by atoms with Gasteiger partial charge in [-0.3, -0.25) is 0 Å². The van der Waals surface area contributed by atoms with E-state index in [0.717, 1.165) is 38.5 Å². The Labute approximate surface area is 369 Å². The lowest BCUT2D eigenvalue weighted by atomic mass is 9.46. The standard InChI is InChI=1S/C45H74O18/c1-19(18-57-40-37(54)35(52)32(49)28(16-46)60-40)8-13-45(56)20(2)30-27(63-45)15-26-24-7-6-22-14-23(9-11-43(22,4)25(24)10-12-44(26,30)5)59-42-39(36(53)33(50)29(17-47)61-42)62-41-38(55)34(51)31(48)21(3)58-41/h14,19-21,23-42,46-56H,6-13,15-18H2,1-5H3/t19-,20+,21+,23+,24-,25+,26-,27+,28-,29-,30+,31+,32-,33-,34-,35+,36+,37-,38-,39-,40-,41+,42-,43+,44+,45+/m1/s1. The van der Waals surface area contributed by atoms with Crippen LogP contribution >= 0.6 is 0 Å². The Morgan fingerprint density at radius 1 is 0.730 bits per heavy atom. The molecule has 0 aromatic rings. The largest absolute Gasteiger partial charge is 0.394 e. The van der Waals surface area contributed by atoms with Crippen molar-refractivity contribution >= 4 is 0 Å². The number of aliphatic hydroxyl groups excluding tert-OH is 10. The number of fused-ring (bicyclic) bond motifs is 7. The summed E-state index contributed by atoms with van der Waals surface area (Å²) in [5.74, 6) is 0.118. The van der Waals surface area contributed by atoms with Crippen molar-refractivity contribution in [2.75, 3.05) is 19.8 Å². The molecule has 18 nitrogen and oxygen atoms in total. The summed E-state index contributed by atoms with van der Waals surface area (Å²) in [6.45, 7) is 9.44. The molecular weight excluding hydrogens is 828 g/mol. The van der Waals surface area contributed by atoms with Gasteiger partial charge >= 0.3 is 0 Å². The summed E-state index contributed by atoms with van der Waals surface area (Å²) in [6.07, 6.45) is -11.5. The van der Waals surface area contributed by atoms with E-state index in [1.54, 1.807) is 0 Å². The number of hydrogen-bond donors (Lipinski definition) is 11. The van der Waals surface area contributed by atoms with E-state index < -0.39 is 117 Å². The molecule has 0 aromatic carbocycles. The Bertz CT molecular complexity index is 1600. The van der Waals surface area contributed by atoms with Gasteiger partial charge in [0, 0.05) is 12.3 Å². The molecule has 0 unspecified atom stereocenters. The summed E-state index contributed by atoms with van der Waals surface area (Å²) in [6, 6.07) is 0. The minimum absolute atomic E-state index is 0.00497. The Morgan fingerprint density at radius 2 is 1.38 bits per heavy atom. The molecule has 11 N–H and O–H groups in total. The average molecular weight is 903 g/mol. The Balaban J connectivity index is 0.888. The molecule has 8 rings (SSSR count). The highest BCUT2D eigenvalue weighted by molar-refractivity contribution is 5.26. The Morgan fingerprint density at radius 3 is 2.08 bits per heavy atom. The first kappa shape index (κ1) is 48.5. The van der Waals surface area contributed by atoms with Crippen LogP contribution in [0, 0.1) is 46.3 Å². The Hall–Kier alpha value is -0.980. The maximum atomic E-state index is 12.0. The molecule has 0 spiro atoms. The van der Waals surface area contributed by atoms with Crippen LogP contribution < -0.4 is 0 Å². The van der Waals surface area contributed by atoms with Crippen molar-refractivity contribution in [3.63, 3.8) is 0 Å². The third-order valence-electron chi connectivity index (χ3n) is 17.4. The van der Waals surface area contributed by atoms with Gasteiger partial charge in [0.2, 0.25) is 0 Å². The first-order chi connectivity index (χ1) is 29.8. The maximum absolute atomic E-state index is 12.0. The quantitative estimate of drug-likeness (QED) is 0.107. The van der Waals surface area contributed by atoms with E-state index in [-0.39, 0.29) is 41.3 Å². The highest BCUT2D eigenvalue weighted by atomic mass is 16.8. The van der Waals surface area contributed by atoms with E-state index >= 15 is 0 Å². The smallest absolute Gasteiger partial charge is 0.187 e. The molecule has 7 fully saturated rings. The predicted molar refractivity (Wildman–Crippen MR) is 218 cm³/mol. The van der Waals surface area contributed by atoms with Gasteiger partial charge in [0.1, 0.15) is 67.1 Å². The van der Waals surface area contributed by atoms with E-state index in [0.29, 0.717) is 37.0 Å². The summed E-state index contributed by atoms with van der Waals surface area (Å²) in [7, 11) is 0. The second-order valence-corrected chi connectivity index (χ2v) is 21.0. The molecule has 4 aliphatic carbocycles. The highest BCUT2D eigenvalue weighted by Crippen LogP contribution is 2.70. The number of rotatable bonds is 12. The fourth-order valence-corrected chi connectivity index (χ4v) is 13.5. The van der Waals surface area contributed by atoms with Crippen LogP contribution in [0.5, 0.6) is 0 Å². The van der Waals surface area contributed by atoms with Crippen molar-refractivity contribution in [1.82, 2.24) is 0 Å². The van der Waals surface area contributed by atoms with Crippen molar-refractivity contribution in [1.29, 1.82) is 0 Å². The van der Waals surface area contributed by atoms with Gasteiger partial charge in [-0.1, -0.05) is 39.3 Å². The first-order valence-electron chi connectivity index (χ1n) is 23.4. The molecule has 8 aliphatic rings. The van der Waals surface area contributed by atoms with Crippen molar-refractivity contribution in [3.8, 4) is 0 Å². The second kappa shape index (κ2) is 18.5. The summed E-state index contributed by atoms with van der Waals surface area (Å²) < 4.78 is 42.0. The minimum atomic E-state index is -1.65. The highest BCUT2D eigenvalue weighted by Gasteiger charge is 2.68. The zero-order valence-electron chi connectivity index (χ0n) is 37.1. The van der Waals surface area contributed by atoms with Gasteiger partial charge in [-0.05, 0) is 98.7 Å². The normalized spacial score (nSPS) is 55.0. The summed E-state index contributed by atoms with van der Waals surface area (Å²) >= 11 is 0. The van der Waals surface area contributed by atoms with Crippen LogP contribution in [-0.2, 0) is 33.2 Å². The molecule has 18 heteroatoms. The second-order valence-electron chi connectivity index (χ2n) is 21.0. The summed E-state index contributed by atoms with van der Waals surface area (Å²) in [4.78, 5) is 0. The molecule has 0 aromatic heterocycles. The van der Waals surface area contributed by atoms with Gasteiger partial charge in [-0.15, -0.1) is 0 Å². The monoisotopic (exact) mass is 902 g/mol. The van der Waals surface area contributed by atoms with Crippen LogP contribution in [0.2, 0.25) is 0 Å². The fraction of sp³-hybridized carbons (Fsp3) is 0.956. The van der Waals surface area contributed by atoms with Crippen LogP contribution in [0.4, 0.5) is 0 Å². The SMILES string of the molecule is C[C@H](CC[C@]1(O)O[C@H]2C[C@@H]3[C@@H]4CCC5=C[C@@H](O[C@@H]6O[C@H](CO)[C@@H](O)[C@H](O)[C@H]6O[C@@H]6O[C@@H](C)[C@H](O)[C@@H](O)[C@H]6O)CC[C@]5(C)[C@H]4CC[C@]3(C)[C@H]2[C@@H]1C)CO[C@@H]1O[C@H](CO)[C@@H](O)[C@H](O)[C@H]1O. The van der Waals surface area contributed by atoms with E-state index in [9.17, 15) is 56.2 Å². The lowest BCUT2D eigenvalue weighted by Gasteiger charge is -2.59. The predicted octanol–water partition coefficient (Wildman–Crippen LogP) is -0.831. The first-order valence-corrected chi connectivity index (χ1v) is 23.4. The molecule has 362 valence electrons. The van der Waals surface area contributed by atoms with Gasteiger partial charge in [-0.2, -0.15) is 0 Å². The minimum Gasteiger partial charge on any atom is -0.394 e. The van der Waals surface area contributed by atoms with Crippen LogP contribution in [0.3, 0.4) is 0 Å². The van der Waals surface area contributed by atoms with Crippen molar-refractivity contribution in [3.05, 3.63) is 11.6 Å². The molecule has 4 heterocycles. The van der Waals surface area contributed by atoms with Gasteiger partial charge in [-0.25, -0.2) is 0 Å². The van der Waals surface area contributed by atoms with Gasteiger partial charge < -0.3 is 89.3 Å². The molecule has 0 amide bonds. The van der Waals surface area contributed by atoms with Crippen molar-refractivity contribution in [2.24, 2.45) is 46.3 Å². The molecule has 63 heavy (non-hydrogen) atoms. The lowest BCUT2D eigenvalue weighted by Crippen LogP contribution is -2.64. The lowest BCUT2D eigenvalue weighted by molar-refractivity contribution is -0.368.